The Kier molecular flexibility index (Phi) is 8.69. The number of hydrogen-bond acceptors (Lipinski definition) is 5. The van der Waals surface area contributed by atoms with Gasteiger partial charge in [-0.1, -0.05) is 41.4 Å². The van der Waals surface area contributed by atoms with Crippen molar-refractivity contribution in [1.29, 1.82) is 5.26 Å². The van der Waals surface area contributed by atoms with E-state index in [1.165, 1.54) is 12.1 Å². The summed E-state index contributed by atoms with van der Waals surface area (Å²) in [6.07, 6.45) is 0.642. The number of anilines is 2. The minimum absolute atomic E-state index is 0.0663. The fourth-order valence-electron chi connectivity index (χ4n) is 3.66. The Bertz CT molecular complexity index is 1480. The van der Waals surface area contributed by atoms with Crippen LogP contribution in [0.5, 0.6) is 0 Å². The first-order valence-corrected chi connectivity index (χ1v) is 12.6. The number of aryl methyl sites for hydroxylation is 1. The maximum atomic E-state index is 13.3. The van der Waals surface area contributed by atoms with E-state index in [9.17, 15) is 14.4 Å². The molecule has 1 heterocycles. The van der Waals surface area contributed by atoms with E-state index < -0.39 is 0 Å². The molecule has 0 atom stereocenters. The van der Waals surface area contributed by atoms with E-state index in [4.69, 9.17) is 23.8 Å². The van der Waals surface area contributed by atoms with Gasteiger partial charge in [-0.2, -0.15) is 10.4 Å². The lowest BCUT2D eigenvalue weighted by atomic mass is 10.0. The molecule has 3 aromatic carbocycles. The molecule has 7 nitrogen and oxygen atoms in total. The van der Waals surface area contributed by atoms with Crippen LogP contribution in [0.4, 0.5) is 15.9 Å². The third kappa shape index (κ3) is 6.54. The van der Waals surface area contributed by atoms with Crippen molar-refractivity contribution >= 4 is 46.2 Å². The lowest BCUT2D eigenvalue weighted by molar-refractivity contribution is 0.103. The quantitative estimate of drug-likeness (QED) is 0.137. The summed E-state index contributed by atoms with van der Waals surface area (Å²) in [6, 6.07) is 22.2. The van der Waals surface area contributed by atoms with E-state index in [1.54, 1.807) is 53.2 Å². The van der Waals surface area contributed by atoms with Crippen LogP contribution in [0.3, 0.4) is 0 Å². The number of aromatic nitrogens is 2. The molecule has 0 bridgehead atoms. The van der Waals surface area contributed by atoms with Crippen LogP contribution in [0.15, 0.2) is 72.8 Å². The molecule has 0 unspecified atom stereocenters. The molecular formula is C28H24ClFN6OS. The van der Waals surface area contributed by atoms with Crippen LogP contribution < -0.4 is 16.0 Å². The van der Waals surface area contributed by atoms with Crippen molar-refractivity contribution in [2.45, 2.75) is 13.3 Å². The Morgan fingerprint density at radius 2 is 1.74 bits per heavy atom. The summed E-state index contributed by atoms with van der Waals surface area (Å²) in [5.41, 5.74) is 3.03. The summed E-state index contributed by atoms with van der Waals surface area (Å²) in [6.45, 7) is 2.94. The van der Waals surface area contributed by atoms with Gasteiger partial charge < -0.3 is 16.0 Å². The monoisotopic (exact) mass is 546 g/mol. The lowest BCUT2D eigenvalue weighted by Crippen LogP contribution is -2.30. The third-order valence-corrected chi connectivity index (χ3v) is 6.13. The average Bonchev–Trinajstić information content (AvgIpc) is 3.28. The smallest absolute Gasteiger partial charge is 0.214 e. The number of nitriles is 1. The standard InChI is InChI=1S/C28H24ClFN6OS/c1-18-3-5-19(6-4-18)26(37)25-24(17-31)27(36(35-25)23-13-7-20(29)8-14-23)32-15-2-16-33-28(38)34-22-11-9-21(30)10-12-22/h3-14,32H,2,15-16H2,1H3,(H2,33,34,38). The number of thiocarbonyl (C=S) groups is 1. The second-order valence-corrected chi connectivity index (χ2v) is 9.28. The maximum absolute atomic E-state index is 13.3. The molecule has 38 heavy (non-hydrogen) atoms. The van der Waals surface area contributed by atoms with Gasteiger partial charge in [0.1, 0.15) is 23.3 Å². The Labute approximate surface area is 230 Å². The van der Waals surface area contributed by atoms with E-state index in [0.29, 0.717) is 52.4 Å². The van der Waals surface area contributed by atoms with Crippen molar-refractivity contribution in [3.8, 4) is 11.8 Å². The molecule has 0 aliphatic heterocycles. The number of carbonyl (C=O) groups excluding carboxylic acids is 1. The van der Waals surface area contributed by atoms with Gasteiger partial charge in [-0.25, -0.2) is 9.07 Å². The first-order valence-electron chi connectivity index (χ1n) is 11.8. The third-order valence-electron chi connectivity index (χ3n) is 5.63. The second kappa shape index (κ2) is 12.3. The van der Waals surface area contributed by atoms with Crippen LogP contribution in [-0.2, 0) is 0 Å². The number of halogens is 2. The highest BCUT2D eigenvalue weighted by molar-refractivity contribution is 7.80. The largest absolute Gasteiger partial charge is 0.369 e. The number of carbonyl (C=O) groups is 1. The van der Waals surface area contributed by atoms with E-state index in [0.717, 1.165) is 5.56 Å². The van der Waals surface area contributed by atoms with E-state index >= 15 is 0 Å². The maximum Gasteiger partial charge on any atom is 0.214 e. The Morgan fingerprint density at radius 3 is 2.39 bits per heavy atom. The molecule has 10 heteroatoms. The number of hydrogen-bond donors (Lipinski definition) is 3. The molecule has 0 amide bonds. The zero-order valence-corrected chi connectivity index (χ0v) is 22.0. The average molecular weight is 547 g/mol. The summed E-state index contributed by atoms with van der Waals surface area (Å²) in [5.74, 6) is -0.243. The predicted molar refractivity (Wildman–Crippen MR) is 152 cm³/mol. The molecule has 0 aliphatic carbocycles. The molecule has 4 rings (SSSR count). The molecule has 0 fully saturated rings. The van der Waals surface area contributed by atoms with Crippen molar-refractivity contribution in [1.82, 2.24) is 15.1 Å². The van der Waals surface area contributed by atoms with Gasteiger partial charge in [-0.15, -0.1) is 0 Å². The molecule has 192 valence electrons. The normalized spacial score (nSPS) is 10.5. The minimum atomic E-state index is -0.337. The van der Waals surface area contributed by atoms with Gasteiger partial charge in [0.15, 0.2) is 10.8 Å². The first-order chi connectivity index (χ1) is 18.4. The Morgan fingerprint density at radius 1 is 1.05 bits per heavy atom. The van der Waals surface area contributed by atoms with Gasteiger partial charge in [-0.3, -0.25) is 4.79 Å². The fraction of sp³-hybridized carbons (Fsp3) is 0.143. The summed E-state index contributed by atoms with van der Waals surface area (Å²) < 4.78 is 14.6. The van der Waals surface area contributed by atoms with Crippen LogP contribution in [0.1, 0.15) is 33.6 Å². The van der Waals surface area contributed by atoms with Gasteiger partial charge >= 0.3 is 0 Å². The van der Waals surface area contributed by atoms with Crippen LogP contribution in [0.25, 0.3) is 5.69 Å². The van der Waals surface area contributed by atoms with Crippen molar-refractivity contribution < 1.29 is 9.18 Å². The van der Waals surface area contributed by atoms with E-state index in [2.05, 4.69) is 27.1 Å². The minimum Gasteiger partial charge on any atom is -0.369 e. The van der Waals surface area contributed by atoms with Crippen LogP contribution >= 0.6 is 23.8 Å². The molecule has 0 saturated carbocycles. The highest BCUT2D eigenvalue weighted by Gasteiger charge is 2.25. The summed E-state index contributed by atoms with van der Waals surface area (Å²) in [4.78, 5) is 13.3. The molecule has 1 aromatic heterocycles. The van der Waals surface area contributed by atoms with Gasteiger partial charge in [0.2, 0.25) is 5.78 Å². The highest BCUT2D eigenvalue weighted by atomic mass is 35.5. The number of nitrogens with zero attached hydrogens (tertiary/aromatic N) is 3. The van der Waals surface area contributed by atoms with Crippen LogP contribution in [-0.4, -0.2) is 33.8 Å². The second-order valence-electron chi connectivity index (χ2n) is 8.44. The lowest BCUT2D eigenvalue weighted by Gasteiger charge is -2.12. The Hall–Kier alpha value is -4.26. The SMILES string of the molecule is Cc1ccc(C(=O)c2nn(-c3ccc(Cl)cc3)c(NCCCNC(=S)Nc3ccc(F)cc3)c2C#N)cc1. The van der Waals surface area contributed by atoms with Crippen LogP contribution in [0.2, 0.25) is 5.02 Å². The predicted octanol–water partition coefficient (Wildman–Crippen LogP) is 5.86. The molecular weight excluding hydrogens is 523 g/mol. The molecule has 0 spiro atoms. The van der Waals surface area contributed by atoms with Crippen molar-refractivity contribution in [2.75, 3.05) is 23.7 Å². The van der Waals surface area contributed by atoms with Gasteiger partial charge in [0, 0.05) is 29.4 Å². The number of rotatable bonds is 9. The number of benzene rings is 3. The topological polar surface area (TPSA) is 94.8 Å². The Balaban J connectivity index is 1.48. The van der Waals surface area contributed by atoms with Crippen molar-refractivity contribution in [2.24, 2.45) is 0 Å². The highest BCUT2D eigenvalue weighted by Crippen LogP contribution is 2.26. The first kappa shape index (κ1) is 26.8. The van der Waals surface area contributed by atoms with Gasteiger partial charge in [0.25, 0.3) is 0 Å². The zero-order chi connectivity index (χ0) is 27.1. The van der Waals surface area contributed by atoms with Crippen molar-refractivity contribution in [3.63, 3.8) is 0 Å². The summed E-state index contributed by atoms with van der Waals surface area (Å²) in [7, 11) is 0. The summed E-state index contributed by atoms with van der Waals surface area (Å²) >= 11 is 11.3. The molecule has 0 aliphatic rings. The molecule has 0 radical (unpaired) electrons. The van der Waals surface area contributed by atoms with Crippen molar-refractivity contribution in [3.05, 3.63) is 106 Å². The van der Waals surface area contributed by atoms with Crippen LogP contribution in [0, 0.1) is 24.1 Å². The fourth-order valence-corrected chi connectivity index (χ4v) is 4.01. The number of nitrogens with one attached hydrogen (secondary N) is 3. The molecule has 4 aromatic rings. The zero-order valence-electron chi connectivity index (χ0n) is 20.5. The van der Waals surface area contributed by atoms with Gasteiger partial charge in [-0.05, 0) is 74.1 Å². The van der Waals surface area contributed by atoms with E-state index in [1.807, 2.05) is 19.1 Å². The van der Waals surface area contributed by atoms with E-state index in [-0.39, 0.29) is 22.9 Å². The molecule has 3 N–H and O–H groups in total. The molecule has 0 saturated heterocycles. The summed E-state index contributed by atoms with van der Waals surface area (Å²) in [5, 5.41) is 24.8. The van der Waals surface area contributed by atoms with Gasteiger partial charge in [0.05, 0.1) is 5.69 Å². The number of ketones is 1.